The van der Waals surface area contributed by atoms with Crippen LogP contribution in [0.3, 0.4) is 0 Å². The molecule has 1 saturated heterocycles. The largest absolute Gasteiger partial charge is 0.331 e. The van der Waals surface area contributed by atoms with Gasteiger partial charge in [-0.1, -0.05) is 60.7 Å². The van der Waals surface area contributed by atoms with Crippen molar-refractivity contribution >= 4 is 5.91 Å². The third-order valence-electron chi connectivity index (χ3n) is 4.77. The van der Waals surface area contributed by atoms with Crippen LogP contribution in [-0.2, 0) is 4.79 Å². The molecule has 1 amide bonds. The van der Waals surface area contributed by atoms with Crippen molar-refractivity contribution < 1.29 is 9.28 Å². The smallest absolute Gasteiger partial charge is 0.234 e. The molecule has 3 heteroatoms. The number of rotatable bonds is 3. The normalized spacial score (nSPS) is 17.3. The molecule has 1 fully saturated rings. The molecular weight excluding hydrogens is 284 g/mol. The van der Waals surface area contributed by atoms with Crippen molar-refractivity contribution in [3.05, 3.63) is 71.8 Å². The van der Waals surface area contributed by atoms with Gasteiger partial charge in [0.25, 0.3) is 0 Å². The molecular formula is C20H25N2O+. The Labute approximate surface area is 138 Å². The van der Waals surface area contributed by atoms with E-state index in [4.69, 9.17) is 0 Å². The Morgan fingerprint density at radius 1 is 0.870 bits per heavy atom. The number of nitrogens with zero attached hydrogens (tertiary/aromatic N) is 2. The van der Waals surface area contributed by atoms with Crippen molar-refractivity contribution in [2.45, 2.75) is 5.92 Å². The summed E-state index contributed by atoms with van der Waals surface area (Å²) in [6.45, 7) is 3.70. The zero-order valence-electron chi connectivity index (χ0n) is 14.0. The highest BCUT2D eigenvalue weighted by Crippen LogP contribution is 2.27. The lowest BCUT2D eigenvalue weighted by molar-refractivity contribution is -0.894. The fourth-order valence-corrected chi connectivity index (χ4v) is 3.18. The highest BCUT2D eigenvalue weighted by Gasteiger charge is 2.32. The molecule has 0 N–H and O–H groups in total. The molecule has 3 nitrogen and oxygen atoms in total. The van der Waals surface area contributed by atoms with Crippen LogP contribution < -0.4 is 0 Å². The second kappa shape index (κ2) is 6.55. The monoisotopic (exact) mass is 309 g/mol. The Hall–Kier alpha value is -2.13. The Kier molecular flexibility index (Phi) is 4.49. The van der Waals surface area contributed by atoms with Crippen LogP contribution in [0, 0.1) is 0 Å². The Bertz CT molecular complexity index is 602. The van der Waals surface area contributed by atoms with Crippen molar-refractivity contribution in [3.8, 4) is 0 Å². The van der Waals surface area contributed by atoms with Gasteiger partial charge in [0.2, 0.25) is 5.91 Å². The first-order chi connectivity index (χ1) is 11.1. The van der Waals surface area contributed by atoms with Crippen LogP contribution in [0.2, 0.25) is 0 Å². The standard InChI is InChI=1S/C20H25N2O/c1-22(2)15-13-21(14-16-22)20(23)19(17-9-5-3-6-10-17)18-11-7-4-8-12-18/h3-12,19H,13-16H2,1-2H3/q+1. The van der Waals surface area contributed by atoms with E-state index < -0.39 is 0 Å². The summed E-state index contributed by atoms with van der Waals surface area (Å²) in [4.78, 5) is 15.3. The van der Waals surface area contributed by atoms with Gasteiger partial charge in [-0.25, -0.2) is 0 Å². The number of likely N-dealkylation sites (N-methyl/N-ethyl adjacent to an activating group) is 1. The van der Waals surface area contributed by atoms with Crippen LogP contribution in [0.4, 0.5) is 0 Å². The van der Waals surface area contributed by atoms with Gasteiger partial charge >= 0.3 is 0 Å². The minimum absolute atomic E-state index is 0.203. The number of hydrogen-bond donors (Lipinski definition) is 0. The molecule has 23 heavy (non-hydrogen) atoms. The molecule has 2 aromatic carbocycles. The predicted molar refractivity (Wildman–Crippen MR) is 93.1 cm³/mol. The average molecular weight is 309 g/mol. The zero-order valence-corrected chi connectivity index (χ0v) is 14.0. The van der Waals surface area contributed by atoms with Crippen molar-refractivity contribution in [1.29, 1.82) is 0 Å². The number of benzene rings is 2. The lowest BCUT2D eigenvalue weighted by Gasteiger charge is -2.40. The molecule has 120 valence electrons. The molecule has 1 aliphatic heterocycles. The maximum Gasteiger partial charge on any atom is 0.234 e. The van der Waals surface area contributed by atoms with E-state index in [1.807, 2.05) is 41.3 Å². The summed E-state index contributed by atoms with van der Waals surface area (Å²) in [5.74, 6) is 0.0215. The number of carbonyl (C=O) groups excluding carboxylic acids is 1. The van der Waals surface area contributed by atoms with E-state index in [0.717, 1.165) is 41.8 Å². The fraction of sp³-hybridized carbons (Fsp3) is 0.350. The van der Waals surface area contributed by atoms with Crippen molar-refractivity contribution in [3.63, 3.8) is 0 Å². The van der Waals surface area contributed by atoms with E-state index in [2.05, 4.69) is 38.4 Å². The minimum Gasteiger partial charge on any atom is -0.331 e. The summed E-state index contributed by atoms with van der Waals surface area (Å²) in [6.07, 6.45) is 0. The van der Waals surface area contributed by atoms with Gasteiger partial charge in [-0.2, -0.15) is 0 Å². The van der Waals surface area contributed by atoms with Crippen molar-refractivity contribution in [1.82, 2.24) is 4.90 Å². The quantitative estimate of drug-likeness (QED) is 0.798. The van der Waals surface area contributed by atoms with E-state index in [1.165, 1.54) is 0 Å². The number of carbonyl (C=O) groups is 1. The van der Waals surface area contributed by atoms with Gasteiger partial charge < -0.3 is 9.38 Å². The molecule has 0 bridgehead atoms. The van der Waals surface area contributed by atoms with Gasteiger partial charge in [0, 0.05) is 0 Å². The molecule has 0 unspecified atom stereocenters. The first-order valence-corrected chi connectivity index (χ1v) is 8.27. The fourth-order valence-electron chi connectivity index (χ4n) is 3.18. The van der Waals surface area contributed by atoms with Crippen LogP contribution in [0.1, 0.15) is 17.0 Å². The highest BCUT2D eigenvalue weighted by molar-refractivity contribution is 5.87. The van der Waals surface area contributed by atoms with Crippen molar-refractivity contribution in [2.24, 2.45) is 0 Å². The van der Waals surface area contributed by atoms with Gasteiger partial charge in [0.05, 0.1) is 46.2 Å². The maximum absolute atomic E-state index is 13.2. The molecule has 0 radical (unpaired) electrons. The van der Waals surface area contributed by atoms with Gasteiger partial charge in [-0.05, 0) is 11.1 Å². The predicted octanol–water partition coefficient (Wildman–Crippen LogP) is 2.74. The molecule has 0 aromatic heterocycles. The van der Waals surface area contributed by atoms with E-state index in [-0.39, 0.29) is 11.8 Å². The number of amides is 1. The van der Waals surface area contributed by atoms with E-state index in [0.29, 0.717) is 0 Å². The summed E-state index contributed by atoms with van der Waals surface area (Å²) in [6, 6.07) is 20.2. The zero-order chi connectivity index (χ0) is 16.3. The molecule has 2 aromatic rings. The molecule has 0 atom stereocenters. The minimum atomic E-state index is -0.203. The molecule has 3 rings (SSSR count). The Morgan fingerprint density at radius 3 is 1.74 bits per heavy atom. The maximum atomic E-state index is 13.2. The van der Waals surface area contributed by atoms with Crippen LogP contribution in [-0.4, -0.2) is 55.6 Å². The number of piperazine rings is 1. The van der Waals surface area contributed by atoms with Gasteiger partial charge in [-0.15, -0.1) is 0 Å². The molecule has 1 heterocycles. The molecule has 0 spiro atoms. The van der Waals surface area contributed by atoms with Crippen LogP contribution in [0.5, 0.6) is 0 Å². The third-order valence-corrected chi connectivity index (χ3v) is 4.77. The Balaban J connectivity index is 1.89. The highest BCUT2D eigenvalue weighted by atomic mass is 16.2. The lowest BCUT2D eigenvalue weighted by Crippen LogP contribution is -2.56. The SMILES string of the molecule is C[N+]1(C)CCN(C(=O)C(c2ccccc2)c2ccccc2)CC1. The third kappa shape index (κ3) is 3.62. The second-order valence-electron chi connectivity index (χ2n) is 6.96. The number of quaternary nitrogens is 1. The Morgan fingerprint density at radius 2 is 1.30 bits per heavy atom. The summed E-state index contributed by atoms with van der Waals surface area (Å²) in [5.41, 5.74) is 2.14. The van der Waals surface area contributed by atoms with Crippen LogP contribution in [0.25, 0.3) is 0 Å². The molecule has 0 aliphatic carbocycles. The summed E-state index contributed by atoms with van der Waals surface area (Å²) >= 11 is 0. The topological polar surface area (TPSA) is 20.3 Å². The van der Waals surface area contributed by atoms with E-state index >= 15 is 0 Å². The molecule has 1 aliphatic rings. The van der Waals surface area contributed by atoms with Crippen molar-refractivity contribution in [2.75, 3.05) is 40.3 Å². The average Bonchev–Trinajstić information content (AvgIpc) is 2.57. The van der Waals surface area contributed by atoms with Crippen LogP contribution in [0.15, 0.2) is 60.7 Å². The number of hydrogen-bond acceptors (Lipinski definition) is 1. The van der Waals surface area contributed by atoms with Crippen LogP contribution >= 0.6 is 0 Å². The van der Waals surface area contributed by atoms with Gasteiger partial charge in [-0.3, -0.25) is 4.79 Å². The van der Waals surface area contributed by atoms with Gasteiger partial charge in [0.15, 0.2) is 0 Å². The summed E-state index contributed by atoms with van der Waals surface area (Å²) < 4.78 is 0.991. The summed E-state index contributed by atoms with van der Waals surface area (Å²) in [5, 5.41) is 0. The van der Waals surface area contributed by atoms with E-state index in [9.17, 15) is 4.79 Å². The van der Waals surface area contributed by atoms with E-state index in [1.54, 1.807) is 0 Å². The second-order valence-corrected chi connectivity index (χ2v) is 6.96. The summed E-state index contributed by atoms with van der Waals surface area (Å²) in [7, 11) is 4.46. The molecule has 0 saturated carbocycles. The first kappa shape index (κ1) is 15.8. The van der Waals surface area contributed by atoms with Gasteiger partial charge in [0.1, 0.15) is 0 Å². The lowest BCUT2D eigenvalue weighted by atomic mass is 9.90. The first-order valence-electron chi connectivity index (χ1n) is 8.27.